The third-order valence-corrected chi connectivity index (χ3v) is 7.41. The van der Waals surface area contributed by atoms with Gasteiger partial charge < -0.3 is 25.3 Å². The quantitative estimate of drug-likeness (QED) is 0.468. The number of morpholine rings is 1. The molecule has 1 saturated heterocycles. The largest absolute Gasteiger partial charge is 0.382 e. The van der Waals surface area contributed by atoms with Crippen LogP contribution in [0.15, 0.2) is 30.3 Å². The van der Waals surface area contributed by atoms with E-state index in [1.54, 1.807) is 0 Å². The first-order valence-electron chi connectivity index (χ1n) is 13.3. The van der Waals surface area contributed by atoms with Crippen LogP contribution in [-0.2, 0) is 22.5 Å². The van der Waals surface area contributed by atoms with Crippen molar-refractivity contribution < 1.29 is 9.53 Å². The second kappa shape index (κ2) is 11.0. The Labute approximate surface area is 213 Å². The van der Waals surface area contributed by atoms with Crippen molar-refractivity contribution in [3.05, 3.63) is 53.0 Å². The van der Waals surface area contributed by atoms with Crippen molar-refractivity contribution in [3.8, 4) is 0 Å². The van der Waals surface area contributed by atoms with E-state index in [0.717, 1.165) is 73.6 Å². The average Bonchev–Trinajstić information content (AvgIpc) is 3.24. The van der Waals surface area contributed by atoms with Crippen molar-refractivity contribution in [3.63, 3.8) is 0 Å². The van der Waals surface area contributed by atoms with Gasteiger partial charge in [-0.2, -0.15) is 0 Å². The number of aryl methyl sites for hydroxylation is 3. The third-order valence-electron chi connectivity index (χ3n) is 7.41. The Kier molecular flexibility index (Phi) is 7.53. The standard InChI is InChI=1S/C28H38N6O2/c1-4-24-32-26-18(2)15-19(3)30-27(26)34(24)17-20-5-9-22(10-6-20)31-23-11-7-21(8-12-23)28(35)33-25-16-29-13-14-36-25/h5-6,9-10,15,21,23,25,29,31H,4,7-8,11-14,16-17H2,1-3H3,(H,33,35)/t21-,23-,25?. The number of hydrogen-bond acceptors (Lipinski definition) is 6. The number of hydrogen-bond donors (Lipinski definition) is 3. The van der Waals surface area contributed by atoms with Gasteiger partial charge in [-0.05, 0) is 68.9 Å². The summed E-state index contributed by atoms with van der Waals surface area (Å²) in [4.78, 5) is 22.3. The monoisotopic (exact) mass is 490 g/mol. The summed E-state index contributed by atoms with van der Waals surface area (Å²) >= 11 is 0. The van der Waals surface area contributed by atoms with E-state index < -0.39 is 0 Å². The van der Waals surface area contributed by atoms with E-state index in [2.05, 4.69) is 64.7 Å². The van der Waals surface area contributed by atoms with Crippen LogP contribution in [0.1, 0.15) is 55.3 Å². The van der Waals surface area contributed by atoms with Crippen LogP contribution >= 0.6 is 0 Å². The van der Waals surface area contributed by atoms with E-state index in [-0.39, 0.29) is 18.1 Å². The normalized spacial score (nSPS) is 22.5. The Hall–Kier alpha value is -2.97. The number of fused-ring (bicyclic) bond motifs is 1. The Morgan fingerprint density at radius 3 is 2.61 bits per heavy atom. The molecule has 1 aliphatic carbocycles. The molecule has 3 aromatic rings. The molecule has 3 heterocycles. The molecule has 2 aromatic heterocycles. The minimum absolute atomic E-state index is 0.0783. The highest BCUT2D eigenvalue weighted by Gasteiger charge is 2.28. The van der Waals surface area contributed by atoms with Gasteiger partial charge in [0, 0.05) is 42.9 Å². The molecule has 1 amide bonds. The van der Waals surface area contributed by atoms with Crippen LogP contribution in [0.2, 0.25) is 0 Å². The lowest BCUT2D eigenvalue weighted by molar-refractivity contribution is -0.131. The number of aromatic nitrogens is 3. The molecule has 3 N–H and O–H groups in total. The molecular formula is C28H38N6O2. The van der Waals surface area contributed by atoms with Gasteiger partial charge in [-0.1, -0.05) is 19.1 Å². The van der Waals surface area contributed by atoms with Gasteiger partial charge in [-0.25, -0.2) is 9.97 Å². The first-order valence-corrected chi connectivity index (χ1v) is 13.3. The maximum Gasteiger partial charge on any atom is 0.225 e. The summed E-state index contributed by atoms with van der Waals surface area (Å²) < 4.78 is 7.86. The van der Waals surface area contributed by atoms with Gasteiger partial charge in [0.1, 0.15) is 17.6 Å². The summed E-state index contributed by atoms with van der Waals surface area (Å²) in [6.07, 6.45) is 4.48. The van der Waals surface area contributed by atoms with E-state index in [9.17, 15) is 4.79 Å². The van der Waals surface area contributed by atoms with Crippen molar-refractivity contribution in [1.82, 2.24) is 25.2 Å². The SMILES string of the molecule is CCc1nc2c(C)cc(C)nc2n1Cc1ccc(N[C@H]2CC[C@H](C(=O)NC3CNCCO3)CC2)cc1. The lowest BCUT2D eigenvalue weighted by atomic mass is 9.85. The van der Waals surface area contributed by atoms with Gasteiger partial charge in [0.2, 0.25) is 5.91 Å². The molecule has 1 aromatic carbocycles. The van der Waals surface area contributed by atoms with E-state index in [1.165, 1.54) is 11.1 Å². The van der Waals surface area contributed by atoms with E-state index >= 15 is 0 Å². The predicted octanol–water partition coefficient (Wildman–Crippen LogP) is 3.69. The number of anilines is 1. The van der Waals surface area contributed by atoms with Crippen LogP contribution in [0.25, 0.3) is 11.2 Å². The molecule has 1 unspecified atom stereocenters. The fourth-order valence-corrected chi connectivity index (χ4v) is 5.44. The minimum atomic E-state index is -0.196. The molecule has 8 heteroatoms. The predicted molar refractivity (Wildman–Crippen MR) is 142 cm³/mol. The van der Waals surface area contributed by atoms with Crippen molar-refractivity contribution in [2.24, 2.45) is 5.92 Å². The molecular weight excluding hydrogens is 452 g/mol. The average molecular weight is 491 g/mol. The minimum Gasteiger partial charge on any atom is -0.382 e. The highest BCUT2D eigenvalue weighted by Crippen LogP contribution is 2.27. The summed E-state index contributed by atoms with van der Waals surface area (Å²) in [5.74, 6) is 1.28. The van der Waals surface area contributed by atoms with Crippen LogP contribution in [-0.4, -0.2) is 52.4 Å². The van der Waals surface area contributed by atoms with Crippen LogP contribution in [0.4, 0.5) is 5.69 Å². The zero-order chi connectivity index (χ0) is 25.1. The summed E-state index contributed by atoms with van der Waals surface area (Å²) in [5.41, 5.74) is 6.54. The van der Waals surface area contributed by atoms with Gasteiger partial charge in [0.05, 0.1) is 13.2 Å². The van der Waals surface area contributed by atoms with Crippen LogP contribution in [0.3, 0.4) is 0 Å². The molecule has 0 bridgehead atoms. The molecule has 1 aliphatic heterocycles. The smallest absolute Gasteiger partial charge is 0.225 e. The molecule has 1 atom stereocenters. The summed E-state index contributed by atoms with van der Waals surface area (Å²) in [6.45, 7) is 9.24. The number of rotatable bonds is 7. The molecule has 1 saturated carbocycles. The van der Waals surface area contributed by atoms with Gasteiger partial charge >= 0.3 is 0 Å². The number of nitrogens with zero attached hydrogens (tertiary/aromatic N) is 3. The van der Waals surface area contributed by atoms with Crippen molar-refractivity contribution in [1.29, 1.82) is 0 Å². The van der Waals surface area contributed by atoms with Crippen molar-refractivity contribution in [2.75, 3.05) is 25.0 Å². The van der Waals surface area contributed by atoms with E-state index in [1.807, 2.05) is 6.92 Å². The Balaban J connectivity index is 1.16. The topological polar surface area (TPSA) is 93.1 Å². The molecule has 8 nitrogen and oxygen atoms in total. The first-order chi connectivity index (χ1) is 17.5. The third kappa shape index (κ3) is 5.55. The van der Waals surface area contributed by atoms with Crippen molar-refractivity contribution in [2.45, 2.75) is 71.7 Å². The lowest BCUT2D eigenvalue weighted by Gasteiger charge is -2.31. The molecule has 0 radical (unpaired) electrons. The maximum absolute atomic E-state index is 12.6. The van der Waals surface area contributed by atoms with E-state index in [4.69, 9.17) is 14.7 Å². The Bertz CT molecular complexity index is 1190. The summed E-state index contributed by atoms with van der Waals surface area (Å²) in [5, 5.41) is 9.98. The Morgan fingerprint density at radius 1 is 1.14 bits per heavy atom. The molecule has 5 rings (SSSR count). The zero-order valence-electron chi connectivity index (χ0n) is 21.6. The maximum atomic E-state index is 12.6. The zero-order valence-corrected chi connectivity index (χ0v) is 21.6. The molecule has 2 fully saturated rings. The van der Waals surface area contributed by atoms with Crippen LogP contribution in [0, 0.1) is 19.8 Å². The van der Waals surface area contributed by atoms with E-state index in [0.29, 0.717) is 19.2 Å². The fourth-order valence-electron chi connectivity index (χ4n) is 5.44. The second-order valence-corrected chi connectivity index (χ2v) is 10.2. The number of carbonyl (C=O) groups is 1. The highest BCUT2D eigenvalue weighted by molar-refractivity contribution is 5.79. The number of pyridine rings is 1. The molecule has 36 heavy (non-hydrogen) atoms. The highest BCUT2D eigenvalue weighted by atomic mass is 16.5. The number of amides is 1. The van der Waals surface area contributed by atoms with Crippen LogP contribution < -0.4 is 16.0 Å². The number of imidazole rings is 1. The number of nitrogens with one attached hydrogen (secondary N) is 3. The molecule has 192 valence electrons. The molecule has 2 aliphatic rings. The lowest BCUT2D eigenvalue weighted by Crippen LogP contribution is -2.50. The fraction of sp³-hybridized carbons (Fsp3) is 0.536. The molecule has 0 spiro atoms. The number of benzene rings is 1. The van der Waals surface area contributed by atoms with Crippen molar-refractivity contribution >= 4 is 22.8 Å². The van der Waals surface area contributed by atoms with Gasteiger partial charge in [0.15, 0.2) is 5.65 Å². The van der Waals surface area contributed by atoms with Gasteiger partial charge in [-0.3, -0.25) is 4.79 Å². The summed E-state index contributed by atoms with van der Waals surface area (Å²) in [6, 6.07) is 11.2. The van der Waals surface area contributed by atoms with Gasteiger partial charge in [-0.15, -0.1) is 0 Å². The summed E-state index contributed by atoms with van der Waals surface area (Å²) in [7, 11) is 0. The van der Waals surface area contributed by atoms with Crippen LogP contribution in [0.5, 0.6) is 0 Å². The Morgan fingerprint density at radius 2 is 1.92 bits per heavy atom. The van der Waals surface area contributed by atoms with Gasteiger partial charge in [0.25, 0.3) is 0 Å². The second-order valence-electron chi connectivity index (χ2n) is 10.2. The first kappa shape index (κ1) is 24.7. The number of ether oxygens (including phenoxy) is 1. The number of carbonyl (C=O) groups excluding carboxylic acids is 1.